The van der Waals surface area contributed by atoms with Gasteiger partial charge in [0, 0.05) is 25.2 Å². The summed E-state index contributed by atoms with van der Waals surface area (Å²) in [6.07, 6.45) is 2.82. The van der Waals surface area contributed by atoms with Crippen LogP contribution >= 0.6 is 0 Å². The third kappa shape index (κ3) is 2.51. The van der Waals surface area contributed by atoms with Gasteiger partial charge in [-0.3, -0.25) is 9.59 Å². The van der Waals surface area contributed by atoms with Crippen molar-refractivity contribution in [2.24, 2.45) is 0 Å². The second-order valence-corrected chi connectivity index (χ2v) is 6.64. The number of benzene rings is 1. The number of carbonyl (C=O) groups is 2. The molecule has 1 N–H and O–H groups in total. The lowest BCUT2D eigenvalue weighted by Gasteiger charge is -2.48. The van der Waals surface area contributed by atoms with Crippen LogP contribution in [0.2, 0.25) is 0 Å². The van der Waals surface area contributed by atoms with Gasteiger partial charge < -0.3 is 15.0 Å². The molecule has 4 rings (SSSR count). The van der Waals surface area contributed by atoms with Gasteiger partial charge in [-0.25, -0.2) is 4.39 Å². The third-order valence-corrected chi connectivity index (χ3v) is 5.30. The summed E-state index contributed by atoms with van der Waals surface area (Å²) in [6, 6.07) is 4.18. The number of nitrogens with one attached hydrogen (secondary N) is 1. The minimum atomic E-state index is -0.592. The second kappa shape index (κ2) is 5.30. The Hall–Kier alpha value is -1.95. The first-order valence-electron chi connectivity index (χ1n) is 8.08. The number of rotatable bonds is 1. The number of ether oxygens (including phenoxy) is 1. The van der Waals surface area contributed by atoms with Gasteiger partial charge in [0.25, 0.3) is 0 Å². The number of likely N-dealkylation sites (tertiary alicyclic amines) is 1. The number of fused-ring (bicyclic) bond motifs is 1. The molecule has 23 heavy (non-hydrogen) atoms. The minimum absolute atomic E-state index is 0.0231. The molecule has 6 heteroatoms. The van der Waals surface area contributed by atoms with Crippen LogP contribution in [-0.2, 0) is 14.3 Å². The van der Waals surface area contributed by atoms with E-state index in [4.69, 9.17) is 4.74 Å². The quantitative estimate of drug-likeness (QED) is 0.862. The van der Waals surface area contributed by atoms with Crippen molar-refractivity contribution in [2.75, 3.05) is 25.0 Å². The highest BCUT2D eigenvalue weighted by Crippen LogP contribution is 2.39. The van der Waals surface area contributed by atoms with Crippen molar-refractivity contribution in [2.45, 2.75) is 37.2 Å². The van der Waals surface area contributed by atoms with Crippen molar-refractivity contribution in [3.63, 3.8) is 0 Å². The fourth-order valence-electron chi connectivity index (χ4n) is 3.79. The first-order chi connectivity index (χ1) is 11.1. The van der Waals surface area contributed by atoms with Crippen LogP contribution in [0.4, 0.5) is 10.1 Å². The van der Waals surface area contributed by atoms with E-state index in [0.29, 0.717) is 24.3 Å². The van der Waals surface area contributed by atoms with Crippen LogP contribution in [0.25, 0.3) is 0 Å². The normalized spacial score (nSPS) is 25.5. The van der Waals surface area contributed by atoms with E-state index in [1.165, 1.54) is 18.2 Å². The van der Waals surface area contributed by atoms with Crippen molar-refractivity contribution in [1.29, 1.82) is 0 Å². The van der Waals surface area contributed by atoms with E-state index in [2.05, 4.69) is 5.32 Å². The monoisotopic (exact) mass is 318 g/mol. The SMILES string of the molecule is O=C1C[C@@H](C(=O)N2CCC3(CCO3)CC2)c2cc(F)ccc2N1. The van der Waals surface area contributed by atoms with Crippen LogP contribution in [0.15, 0.2) is 18.2 Å². The van der Waals surface area contributed by atoms with Crippen molar-refractivity contribution in [3.8, 4) is 0 Å². The van der Waals surface area contributed by atoms with E-state index in [1.54, 1.807) is 4.90 Å². The molecule has 0 aliphatic carbocycles. The molecule has 3 aliphatic rings. The van der Waals surface area contributed by atoms with E-state index in [9.17, 15) is 14.0 Å². The largest absolute Gasteiger partial charge is 0.375 e. The highest BCUT2D eigenvalue weighted by molar-refractivity contribution is 6.01. The molecule has 1 aromatic rings. The predicted octanol–water partition coefficient (Wildman–Crippen LogP) is 2.03. The minimum Gasteiger partial charge on any atom is -0.375 e. The molecule has 1 atom stereocenters. The summed E-state index contributed by atoms with van der Waals surface area (Å²) in [6.45, 7) is 2.09. The molecule has 3 heterocycles. The van der Waals surface area contributed by atoms with Crippen molar-refractivity contribution < 1.29 is 18.7 Å². The lowest BCUT2D eigenvalue weighted by molar-refractivity contribution is -0.177. The Bertz CT molecular complexity index is 662. The Morgan fingerprint density at radius 3 is 2.70 bits per heavy atom. The molecule has 5 nitrogen and oxygen atoms in total. The lowest BCUT2D eigenvalue weighted by Crippen LogP contribution is -2.54. The summed E-state index contributed by atoms with van der Waals surface area (Å²) in [7, 11) is 0. The van der Waals surface area contributed by atoms with E-state index in [1.807, 2.05) is 0 Å². The molecule has 1 aromatic carbocycles. The molecule has 0 aromatic heterocycles. The highest BCUT2D eigenvalue weighted by Gasteiger charge is 2.43. The van der Waals surface area contributed by atoms with Gasteiger partial charge in [-0.1, -0.05) is 0 Å². The summed E-state index contributed by atoms with van der Waals surface area (Å²) < 4.78 is 19.2. The van der Waals surface area contributed by atoms with Crippen LogP contribution in [0.3, 0.4) is 0 Å². The van der Waals surface area contributed by atoms with Gasteiger partial charge in [0.15, 0.2) is 0 Å². The van der Waals surface area contributed by atoms with Gasteiger partial charge >= 0.3 is 0 Å². The van der Waals surface area contributed by atoms with E-state index >= 15 is 0 Å². The maximum Gasteiger partial charge on any atom is 0.230 e. The summed E-state index contributed by atoms with van der Waals surface area (Å²) >= 11 is 0. The molecule has 0 saturated carbocycles. The number of piperidine rings is 1. The molecule has 0 unspecified atom stereocenters. The molecule has 2 amide bonds. The molecular formula is C17H19FN2O3. The first-order valence-corrected chi connectivity index (χ1v) is 8.08. The molecule has 122 valence electrons. The highest BCUT2D eigenvalue weighted by atomic mass is 19.1. The zero-order valence-corrected chi connectivity index (χ0v) is 12.8. The number of nitrogens with zero attached hydrogens (tertiary/aromatic N) is 1. The first kappa shape index (κ1) is 14.6. The molecule has 0 bridgehead atoms. The maximum atomic E-state index is 13.6. The van der Waals surface area contributed by atoms with Crippen LogP contribution in [0.1, 0.15) is 37.2 Å². The fraction of sp³-hybridized carbons (Fsp3) is 0.529. The van der Waals surface area contributed by atoms with Crippen LogP contribution in [-0.4, -0.2) is 42.0 Å². The van der Waals surface area contributed by atoms with Crippen molar-refractivity contribution in [1.82, 2.24) is 4.90 Å². The fourth-order valence-corrected chi connectivity index (χ4v) is 3.79. The number of amides is 2. The number of hydrogen-bond donors (Lipinski definition) is 1. The van der Waals surface area contributed by atoms with Crippen molar-refractivity contribution >= 4 is 17.5 Å². The second-order valence-electron chi connectivity index (χ2n) is 6.64. The van der Waals surface area contributed by atoms with Gasteiger partial charge in [0.1, 0.15) is 5.82 Å². The Balaban J connectivity index is 1.54. The molecular weight excluding hydrogens is 299 g/mol. The van der Waals surface area contributed by atoms with Crippen LogP contribution in [0, 0.1) is 5.82 Å². The van der Waals surface area contributed by atoms with Gasteiger partial charge in [-0.2, -0.15) is 0 Å². The smallest absolute Gasteiger partial charge is 0.230 e. The molecule has 2 fully saturated rings. The molecule has 0 radical (unpaired) electrons. The lowest BCUT2D eigenvalue weighted by atomic mass is 9.83. The number of halogens is 1. The van der Waals surface area contributed by atoms with E-state index in [-0.39, 0.29) is 23.8 Å². The maximum absolute atomic E-state index is 13.6. The van der Waals surface area contributed by atoms with Gasteiger partial charge in [0.05, 0.1) is 18.1 Å². The van der Waals surface area contributed by atoms with Crippen LogP contribution < -0.4 is 5.32 Å². The summed E-state index contributed by atoms with van der Waals surface area (Å²) in [5.74, 6) is -1.26. The number of anilines is 1. The summed E-state index contributed by atoms with van der Waals surface area (Å²) in [4.78, 5) is 26.5. The number of carbonyl (C=O) groups excluding carboxylic acids is 2. The number of hydrogen-bond acceptors (Lipinski definition) is 3. The molecule has 1 spiro atoms. The predicted molar refractivity (Wildman–Crippen MR) is 81.5 cm³/mol. The topological polar surface area (TPSA) is 58.6 Å². The summed E-state index contributed by atoms with van der Waals surface area (Å²) in [5.41, 5.74) is 1.09. The standard InChI is InChI=1S/C17H19FN2O3/c18-11-1-2-14-12(9-11)13(10-15(21)19-14)16(22)20-6-3-17(4-7-20)5-8-23-17/h1-2,9,13H,3-8,10H2,(H,19,21)/t13-/m1/s1. The Labute approximate surface area is 133 Å². The van der Waals surface area contributed by atoms with Crippen molar-refractivity contribution in [3.05, 3.63) is 29.6 Å². The summed E-state index contributed by atoms with van der Waals surface area (Å²) in [5, 5.41) is 2.71. The Kier molecular flexibility index (Phi) is 3.37. The average molecular weight is 318 g/mol. The zero-order chi connectivity index (χ0) is 16.0. The van der Waals surface area contributed by atoms with Gasteiger partial charge in [-0.05, 0) is 43.0 Å². The Morgan fingerprint density at radius 1 is 1.30 bits per heavy atom. The molecule has 3 aliphatic heterocycles. The zero-order valence-electron chi connectivity index (χ0n) is 12.8. The average Bonchev–Trinajstić information content (AvgIpc) is 2.52. The van der Waals surface area contributed by atoms with Crippen LogP contribution in [0.5, 0.6) is 0 Å². The van der Waals surface area contributed by atoms with E-state index < -0.39 is 11.7 Å². The van der Waals surface area contributed by atoms with E-state index in [0.717, 1.165) is 25.9 Å². The van der Waals surface area contributed by atoms with Gasteiger partial charge in [-0.15, -0.1) is 0 Å². The third-order valence-electron chi connectivity index (χ3n) is 5.30. The van der Waals surface area contributed by atoms with Gasteiger partial charge in [0.2, 0.25) is 11.8 Å². The molecule has 2 saturated heterocycles. The Morgan fingerprint density at radius 2 is 2.04 bits per heavy atom.